The highest BCUT2D eigenvalue weighted by atomic mass is 32.1. The van der Waals surface area contributed by atoms with Crippen molar-refractivity contribution in [1.82, 2.24) is 14.8 Å². The average Bonchev–Trinajstić information content (AvgIpc) is 3.30. The van der Waals surface area contributed by atoms with E-state index in [1.807, 2.05) is 21.9 Å². The first-order valence-electron chi connectivity index (χ1n) is 10.4. The Labute approximate surface area is 174 Å². The second-order valence-corrected chi connectivity index (χ2v) is 9.16. The monoisotopic (exact) mass is 415 g/mol. The maximum Gasteiger partial charge on any atom is 0.227 e. The van der Waals surface area contributed by atoms with E-state index in [0.29, 0.717) is 13.0 Å². The van der Waals surface area contributed by atoms with Gasteiger partial charge in [0.2, 0.25) is 5.91 Å². The number of fused-ring (bicyclic) bond motifs is 2. The molecule has 4 heterocycles. The fraction of sp³-hybridized carbons (Fsp3) is 0.545. The van der Waals surface area contributed by atoms with Crippen molar-refractivity contribution in [3.05, 3.63) is 51.7 Å². The summed E-state index contributed by atoms with van der Waals surface area (Å²) in [6, 6.07) is 5.01. The van der Waals surface area contributed by atoms with Crippen LogP contribution in [0.25, 0.3) is 0 Å². The van der Waals surface area contributed by atoms with Gasteiger partial charge in [-0.1, -0.05) is 6.07 Å². The number of hydrogen-bond acceptors (Lipinski definition) is 5. The number of likely N-dealkylation sites (tertiary alicyclic amines) is 2. The van der Waals surface area contributed by atoms with Gasteiger partial charge in [0.25, 0.3) is 0 Å². The van der Waals surface area contributed by atoms with Crippen LogP contribution in [0.5, 0.6) is 0 Å². The molecule has 2 saturated heterocycles. The van der Waals surface area contributed by atoms with Gasteiger partial charge in [-0.3, -0.25) is 4.79 Å². The first-order chi connectivity index (χ1) is 14.1. The molecule has 2 aromatic rings. The standard InChI is InChI=1S/C22H26FN3O2S/c23-18-3-2-16-13-28-22(20(16)11-18)4-8-25(9-5-22)12-17(10-19-14-29-15-24-19)21(27)26-6-1-7-26/h2-3,11,14-15,17H,1,4-10,12-13H2. The largest absolute Gasteiger partial charge is 0.365 e. The number of halogens is 1. The molecule has 3 aliphatic rings. The minimum atomic E-state index is -0.361. The van der Waals surface area contributed by atoms with Crippen molar-refractivity contribution < 1.29 is 13.9 Å². The van der Waals surface area contributed by atoms with Gasteiger partial charge in [-0.05, 0) is 42.5 Å². The van der Waals surface area contributed by atoms with Crippen molar-refractivity contribution in [3.8, 4) is 0 Å². The Morgan fingerprint density at radius 2 is 2.10 bits per heavy atom. The predicted molar refractivity (Wildman–Crippen MR) is 109 cm³/mol. The summed E-state index contributed by atoms with van der Waals surface area (Å²) >= 11 is 1.58. The van der Waals surface area contributed by atoms with Crippen molar-refractivity contribution in [2.45, 2.75) is 37.9 Å². The molecule has 1 unspecified atom stereocenters. The van der Waals surface area contributed by atoms with E-state index in [1.54, 1.807) is 17.4 Å². The summed E-state index contributed by atoms with van der Waals surface area (Å²) in [5, 5.41) is 2.04. The fourth-order valence-corrected chi connectivity index (χ4v) is 5.40. The van der Waals surface area contributed by atoms with E-state index in [1.165, 1.54) is 6.07 Å². The third-order valence-electron chi connectivity index (χ3n) is 6.67. The van der Waals surface area contributed by atoms with Crippen LogP contribution in [-0.4, -0.2) is 53.4 Å². The summed E-state index contributed by atoms with van der Waals surface area (Å²) in [5.41, 5.74) is 4.60. The highest BCUT2D eigenvalue weighted by molar-refractivity contribution is 7.07. The number of thiazole rings is 1. The molecular weight excluding hydrogens is 389 g/mol. The normalized spacial score (nSPS) is 21.8. The number of carbonyl (C=O) groups excluding carboxylic acids is 1. The molecule has 0 aliphatic carbocycles. The van der Waals surface area contributed by atoms with E-state index in [9.17, 15) is 9.18 Å². The zero-order valence-electron chi connectivity index (χ0n) is 16.5. The smallest absolute Gasteiger partial charge is 0.227 e. The lowest BCUT2D eigenvalue weighted by Crippen LogP contribution is -2.50. The SMILES string of the molecule is O=C(C(Cc1cscn1)CN1CCC2(CC1)OCc1ccc(F)cc12)N1CCC1. The molecule has 0 bridgehead atoms. The van der Waals surface area contributed by atoms with E-state index >= 15 is 0 Å². The molecule has 3 aliphatic heterocycles. The van der Waals surface area contributed by atoms with Crippen molar-refractivity contribution >= 4 is 17.2 Å². The molecular formula is C22H26FN3O2S. The summed E-state index contributed by atoms with van der Waals surface area (Å²) < 4.78 is 20.0. The number of amides is 1. The van der Waals surface area contributed by atoms with E-state index in [2.05, 4.69) is 9.88 Å². The zero-order valence-corrected chi connectivity index (χ0v) is 17.3. The quantitative estimate of drug-likeness (QED) is 0.752. The molecule has 1 aromatic carbocycles. The van der Waals surface area contributed by atoms with Crippen LogP contribution in [0.15, 0.2) is 29.1 Å². The Hall–Kier alpha value is -1.83. The Balaban J connectivity index is 1.26. The summed E-state index contributed by atoms with van der Waals surface area (Å²) in [7, 11) is 0. The van der Waals surface area contributed by atoms with Gasteiger partial charge in [-0.25, -0.2) is 9.37 Å². The lowest BCUT2D eigenvalue weighted by molar-refractivity contribution is -0.140. The van der Waals surface area contributed by atoms with Crippen LogP contribution >= 0.6 is 11.3 Å². The molecule has 0 radical (unpaired) electrons. The van der Waals surface area contributed by atoms with Crippen LogP contribution in [0.1, 0.15) is 36.1 Å². The summed E-state index contributed by atoms with van der Waals surface area (Å²) in [6.07, 6.45) is 3.48. The van der Waals surface area contributed by atoms with Gasteiger partial charge in [0.05, 0.1) is 29.3 Å². The number of ether oxygens (including phenoxy) is 1. The van der Waals surface area contributed by atoms with Gasteiger partial charge in [0, 0.05) is 44.5 Å². The molecule has 2 fully saturated rings. The van der Waals surface area contributed by atoms with Crippen LogP contribution in [0.3, 0.4) is 0 Å². The molecule has 5 rings (SSSR count). The number of nitrogens with zero attached hydrogens (tertiary/aromatic N) is 3. The van der Waals surface area contributed by atoms with Crippen molar-refractivity contribution in [1.29, 1.82) is 0 Å². The highest BCUT2D eigenvalue weighted by Crippen LogP contribution is 2.44. The van der Waals surface area contributed by atoms with E-state index in [4.69, 9.17) is 4.74 Å². The molecule has 0 N–H and O–H groups in total. The maximum absolute atomic E-state index is 13.8. The summed E-state index contributed by atoms with van der Waals surface area (Å²) in [5.74, 6) is 0.00859. The first-order valence-corrected chi connectivity index (χ1v) is 11.4. The molecule has 154 valence electrons. The minimum Gasteiger partial charge on any atom is -0.365 e. The second-order valence-electron chi connectivity index (χ2n) is 8.44. The van der Waals surface area contributed by atoms with Gasteiger partial charge in [0.1, 0.15) is 5.82 Å². The van der Waals surface area contributed by atoms with Crippen molar-refractivity contribution in [2.24, 2.45) is 5.92 Å². The summed E-state index contributed by atoms with van der Waals surface area (Å²) in [6.45, 7) is 4.79. The fourth-order valence-electron chi connectivity index (χ4n) is 4.83. The van der Waals surface area contributed by atoms with Crippen LogP contribution in [-0.2, 0) is 28.2 Å². The van der Waals surface area contributed by atoms with Crippen LogP contribution in [0, 0.1) is 11.7 Å². The Morgan fingerprint density at radius 1 is 1.28 bits per heavy atom. The first kappa shape index (κ1) is 19.2. The number of carbonyl (C=O) groups is 1. The number of hydrogen-bond donors (Lipinski definition) is 0. The minimum absolute atomic E-state index is 0.0549. The molecule has 1 amide bonds. The van der Waals surface area contributed by atoms with Crippen LogP contribution in [0.4, 0.5) is 4.39 Å². The Bertz CT molecular complexity index is 876. The molecule has 1 atom stereocenters. The molecule has 29 heavy (non-hydrogen) atoms. The van der Waals surface area contributed by atoms with Gasteiger partial charge in [-0.15, -0.1) is 11.3 Å². The van der Waals surface area contributed by atoms with Crippen molar-refractivity contribution in [2.75, 3.05) is 32.7 Å². The maximum atomic E-state index is 13.8. The lowest BCUT2D eigenvalue weighted by atomic mass is 9.83. The van der Waals surface area contributed by atoms with E-state index in [0.717, 1.165) is 68.8 Å². The Morgan fingerprint density at radius 3 is 2.79 bits per heavy atom. The van der Waals surface area contributed by atoms with Crippen LogP contribution in [0.2, 0.25) is 0 Å². The topological polar surface area (TPSA) is 45.7 Å². The molecule has 7 heteroatoms. The third-order valence-corrected chi connectivity index (χ3v) is 7.30. The average molecular weight is 416 g/mol. The number of piperidine rings is 1. The summed E-state index contributed by atoms with van der Waals surface area (Å²) in [4.78, 5) is 21.7. The van der Waals surface area contributed by atoms with Gasteiger partial charge in [0.15, 0.2) is 0 Å². The van der Waals surface area contributed by atoms with Crippen LogP contribution < -0.4 is 0 Å². The highest BCUT2D eigenvalue weighted by Gasteiger charge is 2.43. The van der Waals surface area contributed by atoms with Crippen molar-refractivity contribution in [3.63, 3.8) is 0 Å². The number of aromatic nitrogens is 1. The third kappa shape index (κ3) is 3.71. The van der Waals surface area contributed by atoms with Gasteiger partial charge >= 0.3 is 0 Å². The zero-order chi connectivity index (χ0) is 19.8. The van der Waals surface area contributed by atoms with E-state index in [-0.39, 0.29) is 23.2 Å². The van der Waals surface area contributed by atoms with Gasteiger partial charge < -0.3 is 14.5 Å². The Kier molecular flexibility index (Phi) is 5.14. The molecule has 1 spiro atoms. The van der Waals surface area contributed by atoms with Gasteiger partial charge in [-0.2, -0.15) is 0 Å². The molecule has 5 nitrogen and oxygen atoms in total. The van der Waals surface area contributed by atoms with E-state index < -0.39 is 0 Å². The lowest BCUT2D eigenvalue weighted by Gasteiger charge is -2.41. The molecule has 0 saturated carbocycles. The predicted octanol–water partition coefficient (Wildman–Crippen LogP) is 3.19. The second kappa shape index (κ2) is 7.78. The number of benzene rings is 1. The molecule has 1 aromatic heterocycles. The number of rotatable bonds is 5.